The Hall–Kier alpha value is 0.370. The first-order valence-electron chi connectivity index (χ1n) is 2.22. The number of hydrogen-bond acceptors (Lipinski definition) is 1. The van der Waals surface area contributed by atoms with Crippen molar-refractivity contribution in [1.82, 2.24) is 0 Å². The van der Waals surface area contributed by atoms with Crippen molar-refractivity contribution >= 4 is 38.1 Å². The molecule has 0 bridgehead atoms. The molecule has 0 fully saturated rings. The maximum Gasteiger partial charge on any atom is 0.120 e. The minimum Gasteiger partial charge on any atom is -0.303 e. The summed E-state index contributed by atoms with van der Waals surface area (Å²) < 4.78 is 0.909. The van der Waals surface area contributed by atoms with Crippen LogP contribution in [0.3, 0.4) is 0 Å². The molecule has 0 unspecified atom stereocenters. The van der Waals surface area contributed by atoms with Crippen molar-refractivity contribution in [2.45, 2.75) is 12.8 Å². The molecule has 0 aliphatic carbocycles. The van der Waals surface area contributed by atoms with Crippen molar-refractivity contribution < 1.29 is 4.79 Å². The number of halogens is 2. The van der Waals surface area contributed by atoms with Crippen molar-refractivity contribution in [3.05, 3.63) is 9.47 Å². The molecule has 0 aromatic carbocycles. The number of allylic oxidation sites excluding steroid dienone is 1. The predicted octanol–water partition coefficient (Wildman–Crippen LogP) is 2.60. The van der Waals surface area contributed by atoms with Gasteiger partial charge in [-0.1, -0.05) is 6.08 Å². The Kier molecular flexibility index (Phi) is 5.76. The molecule has 0 amide bonds. The van der Waals surface area contributed by atoms with E-state index < -0.39 is 0 Å². The van der Waals surface area contributed by atoms with Crippen LogP contribution in [0.4, 0.5) is 0 Å². The molecule has 0 saturated carbocycles. The molecule has 0 rings (SSSR count). The lowest BCUT2D eigenvalue weighted by Gasteiger charge is -1.81. The predicted molar refractivity (Wildman–Crippen MR) is 41.2 cm³/mol. The van der Waals surface area contributed by atoms with Crippen LogP contribution in [0.25, 0.3) is 0 Å². The number of aldehydes is 1. The summed E-state index contributed by atoms with van der Waals surface area (Å²) in [6.45, 7) is 0. The fourth-order valence-corrected chi connectivity index (χ4v) is 0.718. The van der Waals surface area contributed by atoms with Gasteiger partial charge in [0.2, 0.25) is 0 Å². The van der Waals surface area contributed by atoms with Gasteiger partial charge < -0.3 is 4.79 Å². The van der Waals surface area contributed by atoms with Gasteiger partial charge in [-0.15, -0.1) is 0 Å². The summed E-state index contributed by atoms with van der Waals surface area (Å²) in [5, 5.41) is 0. The van der Waals surface area contributed by atoms with Crippen LogP contribution in [0.5, 0.6) is 0 Å². The average molecular weight is 242 g/mol. The van der Waals surface area contributed by atoms with E-state index >= 15 is 0 Å². The molecular weight excluding hydrogens is 236 g/mol. The van der Waals surface area contributed by atoms with E-state index in [4.69, 9.17) is 0 Å². The van der Waals surface area contributed by atoms with E-state index in [0.717, 1.165) is 16.1 Å². The maximum absolute atomic E-state index is 9.73. The molecule has 0 N–H and O–H groups in total. The van der Waals surface area contributed by atoms with Gasteiger partial charge in [-0.25, -0.2) is 0 Å². The van der Waals surface area contributed by atoms with Crippen LogP contribution in [0.1, 0.15) is 12.8 Å². The van der Waals surface area contributed by atoms with Gasteiger partial charge >= 0.3 is 0 Å². The van der Waals surface area contributed by atoms with Crippen molar-refractivity contribution in [3.8, 4) is 0 Å². The molecule has 0 heterocycles. The van der Waals surface area contributed by atoms with Crippen molar-refractivity contribution in [3.63, 3.8) is 0 Å². The Bertz CT molecular complexity index is 94.6. The molecule has 0 saturated heterocycles. The van der Waals surface area contributed by atoms with Crippen molar-refractivity contribution in [2.75, 3.05) is 0 Å². The molecule has 1 nitrogen and oxygen atoms in total. The average Bonchev–Trinajstić information content (AvgIpc) is 1.66. The van der Waals surface area contributed by atoms with E-state index in [2.05, 4.69) is 31.9 Å². The Balaban J connectivity index is 3.15. The van der Waals surface area contributed by atoms with Crippen LogP contribution >= 0.6 is 31.9 Å². The fourth-order valence-electron chi connectivity index (χ4n) is 0.260. The van der Waals surface area contributed by atoms with Gasteiger partial charge in [0.05, 0.1) is 3.39 Å². The highest BCUT2D eigenvalue weighted by atomic mass is 79.9. The van der Waals surface area contributed by atoms with Crippen LogP contribution in [0, 0.1) is 0 Å². The molecule has 8 heavy (non-hydrogen) atoms. The first-order valence-corrected chi connectivity index (χ1v) is 3.80. The Morgan fingerprint density at radius 1 is 1.38 bits per heavy atom. The normalized spacial score (nSPS) is 8.25. The Morgan fingerprint density at radius 3 is 2.38 bits per heavy atom. The topological polar surface area (TPSA) is 17.1 Å². The smallest absolute Gasteiger partial charge is 0.120 e. The van der Waals surface area contributed by atoms with E-state index in [1.165, 1.54) is 0 Å². The number of rotatable bonds is 3. The molecule has 0 radical (unpaired) electrons. The fraction of sp³-hybridized carbons (Fsp3) is 0.400. The lowest BCUT2D eigenvalue weighted by atomic mass is 10.3. The maximum atomic E-state index is 9.73. The highest BCUT2D eigenvalue weighted by Crippen LogP contribution is 2.13. The zero-order valence-electron chi connectivity index (χ0n) is 4.23. The van der Waals surface area contributed by atoms with Crippen molar-refractivity contribution in [1.29, 1.82) is 0 Å². The van der Waals surface area contributed by atoms with E-state index in [1.54, 1.807) is 0 Å². The lowest BCUT2D eigenvalue weighted by Crippen LogP contribution is -1.69. The molecular formula is C5H6Br2O. The number of carbonyl (C=O) groups excluding carboxylic acids is 1. The van der Waals surface area contributed by atoms with Gasteiger partial charge in [0.15, 0.2) is 0 Å². The van der Waals surface area contributed by atoms with E-state index in [0.29, 0.717) is 6.42 Å². The molecule has 0 atom stereocenters. The molecule has 0 aromatic heterocycles. The standard InChI is InChI=1S/C5H6Br2O/c6-5(7)3-1-2-4-8/h3-4H,1-2H2. The third kappa shape index (κ3) is 6.37. The summed E-state index contributed by atoms with van der Waals surface area (Å²) in [4.78, 5) is 9.73. The zero-order valence-corrected chi connectivity index (χ0v) is 7.41. The summed E-state index contributed by atoms with van der Waals surface area (Å²) in [5.41, 5.74) is 0. The largest absolute Gasteiger partial charge is 0.303 e. The van der Waals surface area contributed by atoms with E-state index in [1.807, 2.05) is 6.08 Å². The van der Waals surface area contributed by atoms with Gasteiger partial charge in [0, 0.05) is 6.42 Å². The Labute approximate surface area is 65.4 Å². The zero-order chi connectivity index (χ0) is 6.41. The quantitative estimate of drug-likeness (QED) is 0.549. The summed E-state index contributed by atoms with van der Waals surface area (Å²) >= 11 is 6.33. The van der Waals surface area contributed by atoms with Crippen molar-refractivity contribution in [2.24, 2.45) is 0 Å². The van der Waals surface area contributed by atoms with Crippen LogP contribution in [0.2, 0.25) is 0 Å². The summed E-state index contributed by atoms with van der Waals surface area (Å²) in [6, 6.07) is 0. The second kappa shape index (κ2) is 5.51. The highest BCUT2D eigenvalue weighted by Gasteiger charge is 1.80. The first-order chi connectivity index (χ1) is 3.77. The summed E-state index contributed by atoms with van der Waals surface area (Å²) in [6.07, 6.45) is 4.20. The van der Waals surface area contributed by atoms with E-state index in [-0.39, 0.29) is 0 Å². The molecule has 0 aromatic rings. The third-order valence-electron chi connectivity index (χ3n) is 0.583. The number of hydrogen-bond donors (Lipinski definition) is 0. The van der Waals surface area contributed by atoms with Crippen LogP contribution in [-0.2, 0) is 4.79 Å². The third-order valence-corrected chi connectivity index (χ3v) is 1.23. The minimum absolute atomic E-state index is 0.598. The molecule has 0 aliphatic heterocycles. The molecule has 0 spiro atoms. The molecule has 46 valence electrons. The SMILES string of the molecule is O=CCCC=C(Br)Br. The number of carbonyl (C=O) groups is 1. The van der Waals surface area contributed by atoms with Crippen LogP contribution in [-0.4, -0.2) is 6.29 Å². The van der Waals surface area contributed by atoms with Gasteiger partial charge in [-0.3, -0.25) is 0 Å². The van der Waals surface area contributed by atoms with Gasteiger partial charge in [-0.2, -0.15) is 0 Å². The minimum atomic E-state index is 0.598. The van der Waals surface area contributed by atoms with Gasteiger partial charge in [-0.05, 0) is 38.3 Å². The van der Waals surface area contributed by atoms with Gasteiger partial charge in [0.25, 0.3) is 0 Å². The lowest BCUT2D eigenvalue weighted by molar-refractivity contribution is -0.107. The summed E-state index contributed by atoms with van der Waals surface area (Å²) in [7, 11) is 0. The summed E-state index contributed by atoms with van der Waals surface area (Å²) in [5.74, 6) is 0. The molecule has 3 heteroatoms. The first kappa shape index (κ1) is 8.37. The second-order valence-corrected chi connectivity index (χ2v) is 4.01. The Morgan fingerprint density at radius 2 is 2.00 bits per heavy atom. The van der Waals surface area contributed by atoms with Crippen LogP contribution in [0.15, 0.2) is 9.47 Å². The van der Waals surface area contributed by atoms with Crippen LogP contribution < -0.4 is 0 Å². The monoisotopic (exact) mass is 240 g/mol. The second-order valence-electron chi connectivity index (χ2n) is 1.24. The molecule has 0 aliphatic rings. The van der Waals surface area contributed by atoms with Gasteiger partial charge in [0.1, 0.15) is 6.29 Å². The number of unbranched alkanes of at least 4 members (excludes halogenated alkanes) is 1. The highest BCUT2D eigenvalue weighted by molar-refractivity contribution is 9.28. The van der Waals surface area contributed by atoms with E-state index in [9.17, 15) is 4.79 Å².